The topological polar surface area (TPSA) is 76.2 Å². The number of urea groups is 1. The molecule has 8 heteroatoms. The molecule has 1 fully saturated rings. The Kier molecular flexibility index (Phi) is 3.29. The van der Waals surface area contributed by atoms with Crippen LogP contribution >= 0.6 is 11.6 Å². The molecule has 0 saturated carbocycles. The molecule has 2 aliphatic heterocycles. The van der Waals surface area contributed by atoms with E-state index in [1.54, 1.807) is 12.1 Å². The van der Waals surface area contributed by atoms with Crippen LogP contribution < -0.4 is 9.47 Å². The minimum atomic E-state index is -0.679. The number of carbonyl (C=O) groups is 3. The molecule has 0 aliphatic carbocycles. The van der Waals surface area contributed by atoms with E-state index in [1.165, 1.54) is 20.2 Å². The normalized spacial score (nSPS) is 17.4. The first-order valence-corrected chi connectivity index (χ1v) is 6.69. The molecule has 1 aromatic carbocycles. The quantitative estimate of drug-likeness (QED) is 0.578. The standard InChI is InChI=1S/C14H11ClN2O5/c1-16-12(18)8(13(19)17(2)14(16)20)3-7-4-10-11(5-9(7)15)22-6-21-10/h3-5H,6H2,1-2H3. The van der Waals surface area contributed by atoms with Crippen LogP contribution in [0.2, 0.25) is 5.02 Å². The molecule has 3 rings (SSSR count). The van der Waals surface area contributed by atoms with Crippen LogP contribution in [0.3, 0.4) is 0 Å². The van der Waals surface area contributed by atoms with E-state index in [4.69, 9.17) is 21.1 Å². The fourth-order valence-corrected chi connectivity index (χ4v) is 2.38. The molecule has 7 nitrogen and oxygen atoms in total. The van der Waals surface area contributed by atoms with Gasteiger partial charge in [0.15, 0.2) is 11.5 Å². The summed E-state index contributed by atoms with van der Waals surface area (Å²) < 4.78 is 10.4. The second-order valence-corrected chi connectivity index (χ2v) is 5.20. The summed E-state index contributed by atoms with van der Waals surface area (Å²) in [5.74, 6) is -0.383. The number of imide groups is 2. The van der Waals surface area contributed by atoms with E-state index in [2.05, 4.69) is 0 Å². The molecule has 1 saturated heterocycles. The number of ether oxygens (including phenoxy) is 2. The van der Waals surface area contributed by atoms with Crippen LogP contribution in [0.25, 0.3) is 6.08 Å². The molecule has 0 aromatic heterocycles. The largest absolute Gasteiger partial charge is 0.454 e. The van der Waals surface area contributed by atoms with Crippen LogP contribution in [0, 0.1) is 0 Å². The zero-order valence-corrected chi connectivity index (χ0v) is 12.5. The van der Waals surface area contributed by atoms with Crippen LogP contribution in [-0.4, -0.2) is 48.5 Å². The van der Waals surface area contributed by atoms with E-state index in [1.807, 2.05) is 0 Å². The molecule has 0 N–H and O–H groups in total. The first kappa shape index (κ1) is 14.4. The predicted molar refractivity (Wildman–Crippen MR) is 76.5 cm³/mol. The number of barbiturate groups is 1. The smallest absolute Gasteiger partial charge is 0.333 e. The third kappa shape index (κ3) is 2.10. The zero-order chi connectivity index (χ0) is 16.0. The number of hydrogen-bond donors (Lipinski definition) is 0. The van der Waals surface area contributed by atoms with Gasteiger partial charge in [0, 0.05) is 20.2 Å². The number of benzene rings is 1. The molecule has 0 spiro atoms. The fourth-order valence-electron chi connectivity index (χ4n) is 2.17. The average Bonchev–Trinajstić information content (AvgIpc) is 2.94. The molecule has 0 unspecified atom stereocenters. The molecule has 0 atom stereocenters. The van der Waals surface area contributed by atoms with Crippen molar-refractivity contribution < 1.29 is 23.9 Å². The van der Waals surface area contributed by atoms with Crippen LogP contribution in [0.5, 0.6) is 11.5 Å². The van der Waals surface area contributed by atoms with E-state index < -0.39 is 17.8 Å². The molecule has 0 radical (unpaired) electrons. The Labute approximate surface area is 130 Å². The molecular formula is C14H11ClN2O5. The summed E-state index contributed by atoms with van der Waals surface area (Å²) in [6.07, 6.45) is 1.34. The van der Waals surface area contributed by atoms with Gasteiger partial charge in [-0.2, -0.15) is 0 Å². The molecule has 4 amide bonds. The van der Waals surface area contributed by atoms with Crippen molar-refractivity contribution in [3.63, 3.8) is 0 Å². The Morgan fingerprint density at radius 3 is 2.18 bits per heavy atom. The Balaban J connectivity index is 2.06. The van der Waals surface area contributed by atoms with Gasteiger partial charge in [-0.25, -0.2) is 4.79 Å². The summed E-state index contributed by atoms with van der Waals surface area (Å²) in [6, 6.07) is 2.45. The lowest BCUT2D eigenvalue weighted by Gasteiger charge is -2.28. The van der Waals surface area contributed by atoms with Crippen LogP contribution in [-0.2, 0) is 9.59 Å². The lowest BCUT2D eigenvalue weighted by atomic mass is 10.1. The van der Waals surface area contributed by atoms with Gasteiger partial charge in [-0.3, -0.25) is 19.4 Å². The van der Waals surface area contributed by atoms with E-state index in [-0.39, 0.29) is 12.4 Å². The van der Waals surface area contributed by atoms with Crippen LogP contribution in [0.1, 0.15) is 5.56 Å². The molecule has 1 aromatic rings. The Bertz CT molecular complexity index is 717. The third-order valence-corrected chi connectivity index (χ3v) is 3.76. The van der Waals surface area contributed by atoms with Crippen LogP contribution in [0.4, 0.5) is 4.79 Å². The Hall–Kier alpha value is -2.54. The van der Waals surface area contributed by atoms with Crippen molar-refractivity contribution in [1.29, 1.82) is 0 Å². The second-order valence-electron chi connectivity index (χ2n) is 4.80. The fraction of sp³-hybridized carbons (Fsp3) is 0.214. The van der Waals surface area contributed by atoms with Crippen molar-refractivity contribution in [3.05, 3.63) is 28.3 Å². The van der Waals surface area contributed by atoms with Gasteiger partial charge in [-0.15, -0.1) is 0 Å². The summed E-state index contributed by atoms with van der Waals surface area (Å²) in [4.78, 5) is 37.7. The van der Waals surface area contributed by atoms with Gasteiger partial charge in [-0.1, -0.05) is 11.6 Å². The maximum Gasteiger partial charge on any atom is 0.333 e. The highest BCUT2D eigenvalue weighted by Crippen LogP contribution is 2.37. The van der Waals surface area contributed by atoms with Gasteiger partial charge < -0.3 is 9.47 Å². The van der Waals surface area contributed by atoms with Crippen molar-refractivity contribution in [2.75, 3.05) is 20.9 Å². The van der Waals surface area contributed by atoms with E-state index in [9.17, 15) is 14.4 Å². The van der Waals surface area contributed by atoms with Gasteiger partial charge in [0.05, 0.1) is 5.02 Å². The van der Waals surface area contributed by atoms with Gasteiger partial charge in [-0.05, 0) is 17.7 Å². The van der Waals surface area contributed by atoms with Crippen molar-refractivity contribution in [2.45, 2.75) is 0 Å². The van der Waals surface area contributed by atoms with Gasteiger partial charge in [0.25, 0.3) is 11.8 Å². The number of carbonyl (C=O) groups excluding carboxylic acids is 3. The third-order valence-electron chi connectivity index (χ3n) is 3.44. The highest BCUT2D eigenvalue weighted by Gasteiger charge is 2.38. The lowest BCUT2D eigenvalue weighted by molar-refractivity contribution is -0.134. The maximum absolute atomic E-state index is 12.1. The van der Waals surface area contributed by atoms with E-state index in [0.717, 1.165) is 9.80 Å². The number of hydrogen-bond acceptors (Lipinski definition) is 5. The Morgan fingerprint density at radius 1 is 1.05 bits per heavy atom. The summed E-state index contributed by atoms with van der Waals surface area (Å²) >= 11 is 6.13. The summed E-state index contributed by atoms with van der Waals surface area (Å²) in [5, 5.41) is 0.305. The lowest BCUT2D eigenvalue weighted by Crippen LogP contribution is -2.52. The minimum absolute atomic E-state index is 0.0868. The minimum Gasteiger partial charge on any atom is -0.454 e. The highest BCUT2D eigenvalue weighted by molar-refractivity contribution is 6.34. The second kappa shape index (κ2) is 5.03. The summed E-state index contributed by atoms with van der Waals surface area (Å²) in [6.45, 7) is 0.0868. The molecule has 2 aliphatic rings. The maximum atomic E-state index is 12.1. The van der Waals surface area contributed by atoms with Gasteiger partial charge >= 0.3 is 6.03 Å². The van der Waals surface area contributed by atoms with Crippen LogP contribution in [0.15, 0.2) is 17.7 Å². The number of likely N-dealkylation sites (N-methyl/N-ethyl adjacent to an activating group) is 2. The van der Waals surface area contributed by atoms with Gasteiger partial charge in [0.1, 0.15) is 5.57 Å². The number of rotatable bonds is 1. The average molecular weight is 323 g/mol. The highest BCUT2D eigenvalue weighted by atomic mass is 35.5. The monoisotopic (exact) mass is 322 g/mol. The molecule has 22 heavy (non-hydrogen) atoms. The first-order chi connectivity index (χ1) is 10.4. The number of halogens is 1. The molecule has 0 bridgehead atoms. The number of nitrogens with zero attached hydrogens (tertiary/aromatic N) is 2. The van der Waals surface area contributed by atoms with Crippen molar-refractivity contribution in [2.24, 2.45) is 0 Å². The summed E-state index contributed by atoms with van der Waals surface area (Å²) in [5.41, 5.74) is 0.282. The van der Waals surface area contributed by atoms with Crippen molar-refractivity contribution >= 4 is 35.5 Å². The molecular weight excluding hydrogens is 312 g/mol. The zero-order valence-electron chi connectivity index (χ0n) is 11.8. The van der Waals surface area contributed by atoms with Crippen molar-refractivity contribution in [1.82, 2.24) is 9.80 Å². The first-order valence-electron chi connectivity index (χ1n) is 6.31. The van der Waals surface area contributed by atoms with Gasteiger partial charge in [0.2, 0.25) is 6.79 Å². The number of fused-ring (bicyclic) bond motifs is 1. The van der Waals surface area contributed by atoms with Crippen molar-refractivity contribution in [3.8, 4) is 11.5 Å². The SMILES string of the molecule is CN1C(=O)C(=Cc2cc3c(cc2Cl)OCO3)C(=O)N(C)C1=O. The predicted octanol–water partition coefficient (Wildman–Crippen LogP) is 1.50. The van der Waals surface area contributed by atoms with E-state index >= 15 is 0 Å². The number of amides is 4. The molecule has 2 heterocycles. The Morgan fingerprint density at radius 2 is 1.59 bits per heavy atom. The van der Waals surface area contributed by atoms with E-state index in [0.29, 0.717) is 22.1 Å². The summed E-state index contributed by atoms with van der Waals surface area (Å²) in [7, 11) is 2.62. The molecule has 114 valence electrons.